The second kappa shape index (κ2) is 11.4. The molecule has 0 radical (unpaired) electrons. The number of carbonyl (C=O) groups is 2. The van der Waals surface area contributed by atoms with Gasteiger partial charge in [0, 0.05) is 17.8 Å². The Kier molecular flexibility index (Phi) is 8.60. The van der Waals surface area contributed by atoms with Crippen LogP contribution in [0.25, 0.3) is 0 Å². The molecule has 2 N–H and O–H groups in total. The van der Waals surface area contributed by atoms with Gasteiger partial charge < -0.3 is 19.9 Å². The number of thioether (sulfide) groups is 1. The number of anilines is 1. The number of hydrogen-bond acceptors (Lipinski definition) is 6. The van der Waals surface area contributed by atoms with Crippen LogP contribution in [0, 0.1) is 0 Å². The van der Waals surface area contributed by atoms with E-state index in [1.165, 1.54) is 17.8 Å². The number of ether oxygens (including phenoxy) is 1. The van der Waals surface area contributed by atoms with Gasteiger partial charge in [-0.05, 0) is 56.3 Å². The van der Waals surface area contributed by atoms with Crippen LogP contribution in [0.2, 0.25) is 10.0 Å². The van der Waals surface area contributed by atoms with Gasteiger partial charge in [0.1, 0.15) is 5.75 Å². The summed E-state index contributed by atoms with van der Waals surface area (Å²) >= 11 is 13.2. The molecular formula is C22H23Cl2N5O3S. The van der Waals surface area contributed by atoms with Crippen LogP contribution in [0.15, 0.2) is 47.6 Å². The molecule has 1 aromatic heterocycles. The third-order valence-electron chi connectivity index (χ3n) is 4.68. The van der Waals surface area contributed by atoms with Crippen LogP contribution in [0.5, 0.6) is 5.75 Å². The summed E-state index contributed by atoms with van der Waals surface area (Å²) in [5.74, 6) is 0.988. The highest BCUT2D eigenvalue weighted by molar-refractivity contribution is 7.99. The molecule has 3 aromatic rings. The Morgan fingerprint density at radius 1 is 1.12 bits per heavy atom. The molecule has 0 fully saturated rings. The maximum atomic E-state index is 12.6. The topological polar surface area (TPSA) is 98.1 Å². The summed E-state index contributed by atoms with van der Waals surface area (Å²) in [7, 11) is 1.59. The normalized spacial score (nSPS) is 11.7. The van der Waals surface area contributed by atoms with E-state index in [0.717, 1.165) is 0 Å². The molecule has 0 saturated heterocycles. The van der Waals surface area contributed by atoms with Crippen LogP contribution in [-0.4, -0.2) is 39.4 Å². The number of aromatic nitrogens is 3. The van der Waals surface area contributed by atoms with Gasteiger partial charge in [0.2, 0.25) is 5.91 Å². The van der Waals surface area contributed by atoms with Crippen molar-refractivity contribution in [3.05, 3.63) is 63.9 Å². The van der Waals surface area contributed by atoms with Gasteiger partial charge >= 0.3 is 0 Å². The number of amides is 2. The number of benzene rings is 2. The number of hydrogen-bond donors (Lipinski definition) is 2. The molecule has 0 saturated carbocycles. The van der Waals surface area contributed by atoms with E-state index in [1.807, 2.05) is 18.4 Å². The monoisotopic (exact) mass is 507 g/mol. The molecule has 2 amide bonds. The standard InChI is InChI=1S/C22H23Cl2N5O3S/c1-4-29-20(13(2)25-21(31)14-5-10-17(23)18(24)11-14)27-28-22(29)33-12-19(30)26-15-6-8-16(32-3)9-7-15/h5-11,13H,4,12H2,1-3H3,(H,25,31)(H,26,30)/t13-/m1/s1. The molecule has 2 aromatic carbocycles. The van der Waals surface area contributed by atoms with E-state index >= 15 is 0 Å². The molecule has 11 heteroatoms. The van der Waals surface area contributed by atoms with E-state index in [0.29, 0.717) is 44.6 Å². The molecular weight excluding hydrogens is 485 g/mol. The van der Waals surface area contributed by atoms with Crippen molar-refractivity contribution in [2.75, 3.05) is 18.2 Å². The highest BCUT2D eigenvalue weighted by Gasteiger charge is 2.20. The van der Waals surface area contributed by atoms with Gasteiger partial charge in [0.05, 0.1) is 28.9 Å². The molecule has 33 heavy (non-hydrogen) atoms. The molecule has 0 aliphatic rings. The average molecular weight is 508 g/mol. The summed E-state index contributed by atoms with van der Waals surface area (Å²) in [5.41, 5.74) is 1.07. The molecule has 174 valence electrons. The second-order valence-corrected chi connectivity index (χ2v) is 8.73. The zero-order valence-corrected chi connectivity index (χ0v) is 20.6. The number of halogens is 2. The lowest BCUT2D eigenvalue weighted by molar-refractivity contribution is -0.113. The van der Waals surface area contributed by atoms with Crippen molar-refractivity contribution >= 4 is 52.5 Å². The Morgan fingerprint density at radius 2 is 1.85 bits per heavy atom. The van der Waals surface area contributed by atoms with E-state index < -0.39 is 6.04 Å². The predicted molar refractivity (Wildman–Crippen MR) is 130 cm³/mol. The highest BCUT2D eigenvalue weighted by atomic mass is 35.5. The molecule has 0 unspecified atom stereocenters. The summed E-state index contributed by atoms with van der Waals surface area (Å²) < 4.78 is 6.98. The fourth-order valence-corrected chi connectivity index (χ4v) is 4.12. The maximum Gasteiger partial charge on any atom is 0.251 e. The summed E-state index contributed by atoms with van der Waals surface area (Å²) in [4.78, 5) is 24.9. The zero-order chi connectivity index (χ0) is 24.0. The van der Waals surface area contributed by atoms with Gasteiger partial charge in [0.15, 0.2) is 11.0 Å². The van der Waals surface area contributed by atoms with Crippen molar-refractivity contribution in [2.24, 2.45) is 0 Å². The van der Waals surface area contributed by atoms with E-state index in [2.05, 4.69) is 20.8 Å². The van der Waals surface area contributed by atoms with Crippen LogP contribution in [0.3, 0.4) is 0 Å². The van der Waals surface area contributed by atoms with Crippen molar-refractivity contribution in [3.63, 3.8) is 0 Å². The Balaban J connectivity index is 1.61. The van der Waals surface area contributed by atoms with Gasteiger partial charge in [-0.1, -0.05) is 35.0 Å². The SMILES string of the molecule is CCn1c(SCC(=O)Nc2ccc(OC)cc2)nnc1[C@@H](C)NC(=O)c1ccc(Cl)c(Cl)c1. The molecule has 3 rings (SSSR count). The smallest absolute Gasteiger partial charge is 0.251 e. The predicted octanol–water partition coefficient (Wildman–Crippen LogP) is 4.84. The first-order chi connectivity index (χ1) is 15.8. The van der Waals surface area contributed by atoms with Gasteiger partial charge in [-0.25, -0.2) is 0 Å². The maximum absolute atomic E-state index is 12.6. The van der Waals surface area contributed by atoms with Crippen LogP contribution in [-0.2, 0) is 11.3 Å². The first-order valence-electron chi connectivity index (χ1n) is 10.1. The first kappa shape index (κ1) is 24.9. The van der Waals surface area contributed by atoms with Crippen molar-refractivity contribution in [1.82, 2.24) is 20.1 Å². The van der Waals surface area contributed by atoms with Gasteiger partial charge in [-0.3, -0.25) is 9.59 Å². The quantitative estimate of drug-likeness (QED) is 0.402. The lowest BCUT2D eigenvalue weighted by Crippen LogP contribution is -2.28. The first-order valence-corrected chi connectivity index (χ1v) is 11.8. The van der Waals surface area contributed by atoms with Crippen molar-refractivity contribution in [2.45, 2.75) is 31.6 Å². The second-order valence-electron chi connectivity index (χ2n) is 6.97. The number of methoxy groups -OCH3 is 1. The molecule has 8 nitrogen and oxygen atoms in total. The summed E-state index contributed by atoms with van der Waals surface area (Å²) in [6.45, 7) is 4.34. The van der Waals surface area contributed by atoms with Crippen LogP contribution in [0.4, 0.5) is 5.69 Å². The minimum Gasteiger partial charge on any atom is -0.497 e. The van der Waals surface area contributed by atoms with Crippen LogP contribution < -0.4 is 15.4 Å². The third kappa shape index (κ3) is 6.40. The zero-order valence-electron chi connectivity index (χ0n) is 18.3. The Bertz CT molecular complexity index is 1140. The average Bonchev–Trinajstić information content (AvgIpc) is 3.23. The molecule has 1 atom stereocenters. The molecule has 0 spiro atoms. The lowest BCUT2D eigenvalue weighted by atomic mass is 10.2. The molecule has 0 aliphatic carbocycles. The van der Waals surface area contributed by atoms with Crippen LogP contribution in [0.1, 0.15) is 36.1 Å². The number of nitrogens with one attached hydrogen (secondary N) is 2. The Hall–Kier alpha value is -2.75. The lowest BCUT2D eigenvalue weighted by Gasteiger charge is -2.15. The Labute approximate surface area is 206 Å². The summed E-state index contributed by atoms with van der Waals surface area (Å²) in [6, 6.07) is 11.4. The van der Waals surface area contributed by atoms with Gasteiger partial charge in [-0.2, -0.15) is 0 Å². The van der Waals surface area contributed by atoms with Crippen molar-refractivity contribution in [3.8, 4) is 5.75 Å². The molecule has 1 heterocycles. The largest absolute Gasteiger partial charge is 0.497 e. The van der Waals surface area contributed by atoms with Gasteiger partial charge in [0.25, 0.3) is 5.91 Å². The van der Waals surface area contributed by atoms with Crippen molar-refractivity contribution in [1.29, 1.82) is 0 Å². The van der Waals surface area contributed by atoms with E-state index in [1.54, 1.807) is 43.5 Å². The number of nitrogens with zero attached hydrogens (tertiary/aromatic N) is 3. The molecule has 0 aliphatic heterocycles. The van der Waals surface area contributed by atoms with E-state index in [-0.39, 0.29) is 17.6 Å². The minimum absolute atomic E-state index is 0.161. The fraction of sp³-hybridized carbons (Fsp3) is 0.273. The number of carbonyl (C=O) groups excluding carboxylic acids is 2. The summed E-state index contributed by atoms with van der Waals surface area (Å²) in [6.07, 6.45) is 0. The molecule has 0 bridgehead atoms. The van der Waals surface area contributed by atoms with Crippen molar-refractivity contribution < 1.29 is 14.3 Å². The third-order valence-corrected chi connectivity index (χ3v) is 6.39. The minimum atomic E-state index is -0.415. The van der Waals surface area contributed by atoms with Crippen LogP contribution >= 0.6 is 35.0 Å². The van der Waals surface area contributed by atoms with E-state index in [4.69, 9.17) is 27.9 Å². The fourth-order valence-electron chi connectivity index (χ4n) is 3.01. The van der Waals surface area contributed by atoms with E-state index in [9.17, 15) is 9.59 Å². The number of rotatable bonds is 9. The Morgan fingerprint density at radius 3 is 2.48 bits per heavy atom. The van der Waals surface area contributed by atoms with Gasteiger partial charge in [-0.15, -0.1) is 10.2 Å². The highest BCUT2D eigenvalue weighted by Crippen LogP contribution is 2.24. The summed E-state index contributed by atoms with van der Waals surface area (Å²) in [5, 5.41) is 15.4.